The molecule has 1 aromatic rings. The number of nitrogens with one attached hydrogen (secondary N) is 1. The third kappa shape index (κ3) is 4.09. The average Bonchev–Trinajstić information content (AvgIpc) is 3.25. The van der Waals surface area contributed by atoms with E-state index in [-0.39, 0.29) is 24.5 Å². The van der Waals surface area contributed by atoms with E-state index in [1.807, 2.05) is 36.1 Å². The molecule has 2 heterocycles. The Bertz CT molecular complexity index is 711. The minimum atomic E-state index is -0.607. The summed E-state index contributed by atoms with van der Waals surface area (Å²) in [6, 6.07) is 7.58. The average molecular weight is 387 g/mol. The van der Waals surface area contributed by atoms with Gasteiger partial charge in [-0.2, -0.15) is 0 Å². The fraction of sp³-hybridized carbons (Fsp3) is 0.619. The Morgan fingerprint density at radius 3 is 2.46 bits per heavy atom. The van der Waals surface area contributed by atoms with Gasteiger partial charge >= 0.3 is 0 Å². The highest BCUT2D eigenvalue weighted by Gasteiger charge is 2.34. The molecule has 0 spiro atoms. The zero-order valence-electron chi connectivity index (χ0n) is 16.4. The first-order valence-electron chi connectivity index (χ1n) is 10.3. The minimum absolute atomic E-state index is 0.0442. The molecule has 2 aliphatic heterocycles. The molecule has 0 unspecified atom stereocenters. The molecule has 1 saturated heterocycles. The standard InChI is InChI=1S/C21H29N3O4/c1-15(20(25)22-16-6-2-3-7-16)23-10-12-24(13-11-23)21(26)19-14-27-17-8-4-5-9-18(17)28-19/h4-5,8-9,15-16,19H,2-3,6-7,10-14H2,1H3,(H,22,25)/t15-,19+/m0/s1. The van der Waals surface area contributed by atoms with Gasteiger partial charge in [-0.3, -0.25) is 14.5 Å². The number of amides is 2. The molecule has 2 fully saturated rings. The van der Waals surface area contributed by atoms with E-state index < -0.39 is 6.10 Å². The van der Waals surface area contributed by atoms with E-state index in [1.54, 1.807) is 0 Å². The molecule has 4 rings (SSSR count). The van der Waals surface area contributed by atoms with Gasteiger partial charge in [0.25, 0.3) is 5.91 Å². The van der Waals surface area contributed by atoms with Crippen LogP contribution in [0.4, 0.5) is 0 Å². The van der Waals surface area contributed by atoms with Crippen LogP contribution < -0.4 is 14.8 Å². The molecule has 0 bridgehead atoms. The van der Waals surface area contributed by atoms with Crippen molar-refractivity contribution in [1.29, 1.82) is 0 Å². The first-order chi connectivity index (χ1) is 13.6. The van der Waals surface area contributed by atoms with E-state index in [2.05, 4.69) is 10.2 Å². The second-order valence-corrected chi connectivity index (χ2v) is 7.89. The predicted molar refractivity (Wildman–Crippen MR) is 104 cm³/mol. The van der Waals surface area contributed by atoms with E-state index >= 15 is 0 Å². The highest BCUT2D eigenvalue weighted by Crippen LogP contribution is 2.31. The van der Waals surface area contributed by atoms with Gasteiger partial charge in [0.2, 0.25) is 12.0 Å². The summed E-state index contributed by atoms with van der Waals surface area (Å²) in [4.78, 5) is 29.3. The number of para-hydroxylation sites is 2. The maximum absolute atomic E-state index is 12.8. The molecule has 3 aliphatic rings. The SMILES string of the molecule is C[C@@H](C(=O)NC1CCCC1)N1CCN(C(=O)[C@H]2COc3ccccc3O2)CC1. The Morgan fingerprint density at radius 2 is 1.75 bits per heavy atom. The number of carbonyl (C=O) groups is 2. The van der Waals surface area contributed by atoms with Crippen molar-refractivity contribution in [3.63, 3.8) is 0 Å². The summed E-state index contributed by atoms with van der Waals surface area (Å²) < 4.78 is 11.5. The molecule has 2 amide bonds. The third-order valence-corrected chi connectivity index (χ3v) is 6.04. The Labute approximate surface area is 166 Å². The zero-order chi connectivity index (χ0) is 19.5. The molecular weight excluding hydrogens is 358 g/mol. The summed E-state index contributed by atoms with van der Waals surface area (Å²) in [5.74, 6) is 1.35. The van der Waals surface area contributed by atoms with Gasteiger partial charge in [0.15, 0.2) is 11.5 Å². The van der Waals surface area contributed by atoms with Gasteiger partial charge in [-0.05, 0) is 31.9 Å². The van der Waals surface area contributed by atoms with Crippen LogP contribution in [0.15, 0.2) is 24.3 Å². The molecule has 0 radical (unpaired) electrons. The summed E-state index contributed by atoms with van der Waals surface area (Å²) in [7, 11) is 0. The van der Waals surface area contributed by atoms with E-state index in [1.165, 1.54) is 12.8 Å². The molecule has 7 nitrogen and oxygen atoms in total. The summed E-state index contributed by atoms with van der Waals surface area (Å²) in [6.45, 7) is 4.76. The van der Waals surface area contributed by atoms with Crippen LogP contribution in [0.25, 0.3) is 0 Å². The van der Waals surface area contributed by atoms with E-state index in [9.17, 15) is 9.59 Å². The van der Waals surface area contributed by atoms with E-state index in [0.29, 0.717) is 43.7 Å². The van der Waals surface area contributed by atoms with Gasteiger partial charge in [-0.15, -0.1) is 0 Å². The molecule has 1 aliphatic carbocycles. The number of ether oxygens (including phenoxy) is 2. The number of rotatable bonds is 4. The topological polar surface area (TPSA) is 71.1 Å². The molecule has 1 aromatic carbocycles. The Hall–Kier alpha value is -2.28. The van der Waals surface area contributed by atoms with Crippen LogP contribution in [-0.4, -0.2) is 72.6 Å². The maximum Gasteiger partial charge on any atom is 0.267 e. The molecule has 7 heteroatoms. The Balaban J connectivity index is 1.26. The van der Waals surface area contributed by atoms with Crippen molar-refractivity contribution in [2.45, 2.75) is 50.8 Å². The van der Waals surface area contributed by atoms with Crippen LogP contribution in [0.3, 0.4) is 0 Å². The predicted octanol–water partition coefficient (Wildman–Crippen LogP) is 1.42. The van der Waals surface area contributed by atoms with Crippen molar-refractivity contribution >= 4 is 11.8 Å². The van der Waals surface area contributed by atoms with Crippen molar-refractivity contribution < 1.29 is 19.1 Å². The lowest BCUT2D eigenvalue weighted by atomic mass is 10.1. The van der Waals surface area contributed by atoms with Crippen LogP contribution in [0.2, 0.25) is 0 Å². The fourth-order valence-electron chi connectivity index (χ4n) is 4.23. The first-order valence-corrected chi connectivity index (χ1v) is 10.3. The third-order valence-electron chi connectivity index (χ3n) is 6.04. The van der Waals surface area contributed by atoms with Gasteiger partial charge in [-0.1, -0.05) is 25.0 Å². The van der Waals surface area contributed by atoms with E-state index in [0.717, 1.165) is 12.8 Å². The van der Waals surface area contributed by atoms with Crippen LogP contribution >= 0.6 is 0 Å². The van der Waals surface area contributed by atoms with Crippen LogP contribution in [0.1, 0.15) is 32.6 Å². The van der Waals surface area contributed by atoms with Crippen LogP contribution in [0, 0.1) is 0 Å². The normalized spacial score (nSPS) is 24.0. The quantitative estimate of drug-likeness (QED) is 0.846. The first kappa shape index (κ1) is 19.1. The number of piperazine rings is 1. The minimum Gasteiger partial charge on any atom is -0.485 e. The summed E-state index contributed by atoms with van der Waals surface area (Å²) in [6.07, 6.45) is 3.99. The van der Waals surface area contributed by atoms with Gasteiger partial charge in [0, 0.05) is 32.2 Å². The van der Waals surface area contributed by atoms with Gasteiger partial charge < -0.3 is 19.7 Å². The molecule has 0 aromatic heterocycles. The highest BCUT2D eigenvalue weighted by atomic mass is 16.6. The van der Waals surface area contributed by atoms with Gasteiger partial charge in [0.05, 0.1) is 6.04 Å². The van der Waals surface area contributed by atoms with Crippen molar-refractivity contribution in [2.75, 3.05) is 32.8 Å². The van der Waals surface area contributed by atoms with Crippen LogP contribution in [0.5, 0.6) is 11.5 Å². The maximum atomic E-state index is 12.8. The van der Waals surface area contributed by atoms with Crippen molar-refractivity contribution in [1.82, 2.24) is 15.1 Å². The fourth-order valence-corrected chi connectivity index (χ4v) is 4.23. The number of benzene rings is 1. The lowest BCUT2D eigenvalue weighted by molar-refractivity contribution is -0.143. The number of hydrogen-bond donors (Lipinski definition) is 1. The smallest absolute Gasteiger partial charge is 0.267 e. The summed E-state index contributed by atoms with van der Waals surface area (Å²) in [5.41, 5.74) is 0. The number of hydrogen-bond acceptors (Lipinski definition) is 5. The molecule has 1 N–H and O–H groups in total. The Kier molecular flexibility index (Phi) is 5.71. The molecule has 1 saturated carbocycles. The molecule has 28 heavy (non-hydrogen) atoms. The zero-order valence-corrected chi connectivity index (χ0v) is 16.4. The molecule has 2 atom stereocenters. The van der Waals surface area contributed by atoms with Crippen molar-refractivity contribution in [2.24, 2.45) is 0 Å². The Morgan fingerprint density at radius 1 is 1.07 bits per heavy atom. The number of nitrogens with zero attached hydrogens (tertiary/aromatic N) is 2. The lowest BCUT2D eigenvalue weighted by Crippen LogP contribution is -2.58. The summed E-state index contributed by atoms with van der Waals surface area (Å²) >= 11 is 0. The molecule has 152 valence electrons. The largest absolute Gasteiger partial charge is 0.485 e. The van der Waals surface area contributed by atoms with Crippen LogP contribution in [-0.2, 0) is 9.59 Å². The number of carbonyl (C=O) groups excluding carboxylic acids is 2. The van der Waals surface area contributed by atoms with Gasteiger partial charge in [-0.25, -0.2) is 0 Å². The van der Waals surface area contributed by atoms with Crippen molar-refractivity contribution in [3.05, 3.63) is 24.3 Å². The van der Waals surface area contributed by atoms with E-state index in [4.69, 9.17) is 9.47 Å². The van der Waals surface area contributed by atoms with Crippen molar-refractivity contribution in [3.8, 4) is 11.5 Å². The summed E-state index contributed by atoms with van der Waals surface area (Å²) in [5, 5.41) is 3.17. The lowest BCUT2D eigenvalue weighted by Gasteiger charge is -2.39. The van der Waals surface area contributed by atoms with Gasteiger partial charge in [0.1, 0.15) is 6.61 Å². The monoisotopic (exact) mass is 387 g/mol. The molecular formula is C21H29N3O4. The second-order valence-electron chi connectivity index (χ2n) is 7.89. The highest BCUT2D eigenvalue weighted by molar-refractivity contribution is 5.83. The second kappa shape index (κ2) is 8.39. The number of fused-ring (bicyclic) bond motifs is 1.